The van der Waals surface area contributed by atoms with E-state index in [1.807, 2.05) is 0 Å². The number of carbonyl (C=O) groups excluding carboxylic acids is 2. The van der Waals surface area contributed by atoms with E-state index in [9.17, 15) is 18.0 Å². The highest BCUT2D eigenvalue weighted by Crippen LogP contribution is 2.40. The van der Waals surface area contributed by atoms with Gasteiger partial charge in [-0.1, -0.05) is 46.4 Å². The number of primary amides is 2. The molecule has 13 heteroatoms. The fraction of sp³-hybridized carbons (Fsp3) is 0.125. The van der Waals surface area contributed by atoms with E-state index >= 15 is 0 Å². The molecule has 2 aromatic carbocycles. The molecule has 0 saturated heterocycles. The van der Waals surface area contributed by atoms with Gasteiger partial charge in [0.1, 0.15) is 0 Å². The topological polar surface area (TPSA) is 139 Å². The average molecular weight is 502 g/mol. The third kappa shape index (κ3) is 5.58. The highest BCUT2D eigenvalue weighted by molar-refractivity contribution is 7.91. The van der Waals surface area contributed by atoms with Gasteiger partial charge in [-0.15, -0.1) is 0 Å². The number of rotatable bonds is 8. The first kappa shape index (κ1) is 23.4. The van der Waals surface area contributed by atoms with E-state index in [0.717, 1.165) is 24.3 Å². The third-order valence-corrected chi connectivity index (χ3v) is 6.12. The number of sulfone groups is 1. The Labute approximate surface area is 185 Å². The van der Waals surface area contributed by atoms with Crippen LogP contribution in [-0.4, -0.2) is 33.4 Å². The number of nitrogens with two attached hydrogens (primary N) is 2. The molecule has 0 unspecified atom stereocenters. The Morgan fingerprint density at radius 2 is 1.00 bits per heavy atom. The van der Waals surface area contributed by atoms with Gasteiger partial charge in [-0.05, 0) is 24.3 Å². The predicted molar refractivity (Wildman–Crippen MR) is 108 cm³/mol. The van der Waals surface area contributed by atoms with Crippen molar-refractivity contribution in [2.24, 2.45) is 11.5 Å². The molecule has 0 aliphatic rings. The standard InChI is InChI=1S/C16H12Cl4N2O6S/c17-9-1-7(2-10(18)15(9)27-5-13(21)23)29(25,26)8-3-11(19)16(12(20)4-8)28-6-14(22)24/h1-4H,5-6H2,(H2,21,23)(H2,22,24). The molecule has 0 aliphatic carbocycles. The molecular weight excluding hydrogens is 490 g/mol. The van der Waals surface area contributed by atoms with Gasteiger partial charge in [0.05, 0.1) is 29.9 Å². The molecule has 4 N–H and O–H groups in total. The predicted octanol–water partition coefficient (Wildman–Crippen LogP) is 2.86. The molecule has 0 saturated carbocycles. The lowest BCUT2D eigenvalue weighted by Gasteiger charge is -2.13. The molecule has 29 heavy (non-hydrogen) atoms. The van der Waals surface area contributed by atoms with Crippen molar-refractivity contribution in [2.75, 3.05) is 13.2 Å². The molecule has 0 spiro atoms. The summed E-state index contributed by atoms with van der Waals surface area (Å²) in [6, 6.07) is 4.33. The minimum Gasteiger partial charge on any atom is -0.481 e. The van der Waals surface area contributed by atoms with E-state index in [1.165, 1.54) is 0 Å². The SMILES string of the molecule is NC(=O)COc1c(Cl)cc(S(=O)(=O)c2cc(Cl)c(OCC(N)=O)c(Cl)c2)cc1Cl. The number of benzene rings is 2. The monoisotopic (exact) mass is 500 g/mol. The summed E-state index contributed by atoms with van der Waals surface area (Å²) in [5.41, 5.74) is 9.97. The number of amides is 2. The third-order valence-electron chi connectivity index (χ3n) is 3.28. The first-order chi connectivity index (χ1) is 13.4. The molecule has 2 rings (SSSR count). The summed E-state index contributed by atoms with van der Waals surface area (Å²) in [5.74, 6) is -1.73. The Kier molecular flexibility index (Phi) is 7.47. The Morgan fingerprint density at radius 3 is 1.24 bits per heavy atom. The maximum absolute atomic E-state index is 12.9. The second kappa shape index (κ2) is 9.27. The Hall–Kier alpha value is -1.91. The fourth-order valence-corrected chi connectivity index (χ4v) is 4.90. The minimum absolute atomic E-state index is 0.0997. The van der Waals surface area contributed by atoms with Crippen LogP contribution in [0.2, 0.25) is 20.1 Å². The summed E-state index contributed by atoms with van der Waals surface area (Å²) >= 11 is 24.1. The van der Waals surface area contributed by atoms with Crippen molar-refractivity contribution in [3.63, 3.8) is 0 Å². The van der Waals surface area contributed by atoms with Crippen LogP contribution < -0.4 is 20.9 Å². The lowest BCUT2D eigenvalue weighted by atomic mass is 10.3. The van der Waals surface area contributed by atoms with Gasteiger partial charge < -0.3 is 20.9 Å². The first-order valence-corrected chi connectivity index (χ1v) is 10.5. The van der Waals surface area contributed by atoms with Crippen LogP contribution >= 0.6 is 46.4 Å². The van der Waals surface area contributed by atoms with Crippen LogP contribution in [0, 0.1) is 0 Å². The zero-order valence-electron chi connectivity index (χ0n) is 14.2. The summed E-state index contributed by atoms with van der Waals surface area (Å²) in [7, 11) is -4.16. The quantitative estimate of drug-likeness (QED) is 0.570. The molecule has 0 aromatic heterocycles. The van der Waals surface area contributed by atoms with Gasteiger partial charge in [-0.25, -0.2) is 8.42 Å². The molecule has 0 aliphatic heterocycles. The molecule has 0 heterocycles. The van der Waals surface area contributed by atoms with Crippen molar-refractivity contribution in [1.82, 2.24) is 0 Å². The Bertz CT molecular complexity index is 965. The molecule has 156 valence electrons. The van der Waals surface area contributed by atoms with Gasteiger partial charge in [-0.2, -0.15) is 0 Å². The van der Waals surface area contributed by atoms with Crippen LogP contribution in [-0.2, 0) is 19.4 Å². The Balaban J connectivity index is 2.45. The summed E-state index contributed by atoms with van der Waals surface area (Å²) in [6.07, 6.45) is 0. The summed E-state index contributed by atoms with van der Waals surface area (Å²) in [4.78, 5) is 21.1. The van der Waals surface area contributed by atoms with Gasteiger partial charge in [0.25, 0.3) is 11.8 Å². The van der Waals surface area contributed by atoms with Crippen molar-refractivity contribution < 1.29 is 27.5 Å². The van der Waals surface area contributed by atoms with E-state index in [1.54, 1.807) is 0 Å². The Morgan fingerprint density at radius 1 is 0.724 bits per heavy atom. The number of hydrogen-bond donors (Lipinski definition) is 2. The number of halogens is 4. The number of hydrogen-bond acceptors (Lipinski definition) is 6. The zero-order valence-corrected chi connectivity index (χ0v) is 18.1. The first-order valence-electron chi connectivity index (χ1n) is 7.49. The summed E-state index contributed by atoms with van der Waals surface area (Å²) in [6.45, 7) is -0.993. The second-order valence-corrected chi connectivity index (χ2v) is 9.02. The number of carbonyl (C=O) groups is 2. The van der Waals surface area contributed by atoms with Crippen LogP contribution in [0.25, 0.3) is 0 Å². The van der Waals surface area contributed by atoms with E-state index in [2.05, 4.69) is 0 Å². The lowest BCUT2D eigenvalue weighted by molar-refractivity contribution is -0.120. The van der Waals surface area contributed by atoms with Crippen LogP contribution in [0.4, 0.5) is 0 Å². The van der Waals surface area contributed by atoms with Crippen LogP contribution in [0.5, 0.6) is 11.5 Å². The molecule has 0 radical (unpaired) electrons. The highest BCUT2D eigenvalue weighted by atomic mass is 35.5. The van der Waals surface area contributed by atoms with Crippen molar-refractivity contribution in [2.45, 2.75) is 9.79 Å². The maximum Gasteiger partial charge on any atom is 0.255 e. The van der Waals surface area contributed by atoms with E-state index < -0.39 is 34.9 Å². The molecule has 2 amide bonds. The smallest absolute Gasteiger partial charge is 0.255 e. The minimum atomic E-state index is -4.16. The van der Waals surface area contributed by atoms with Gasteiger partial charge in [0, 0.05) is 0 Å². The second-order valence-electron chi connectivity index (χ2n) is 5.45. The summed E-state index contributed by atoms with van der Waals surface area (Å²) in [5, 5.41) is -0.626. The van der Waals surface area contributed by atoms with Crippen molar-refractivity contribution in [3.8, 4) is 11.5 Å². The van der Waals surface area contributed by atoms with Crippen molar-refractivity contribution >= 4 is 68.1 Å². The van der Waals surface area contributed by atoms with Gasteiger partial charge in [0.2, 0.25) is 9.84 Å². The largest absolute Gasteiger partial charge is 0.481 e. The molecule has 0 atom stereocenters. The van der Waals surface area contributed by atoms with Gasteiger partial charge in [-0.3, -0.25) is 9.59 Å². The zero-order chi connectivity index (χ0) is 21.9. The molecular formula is C16H12Cl4N2O6S. The molecule has 0 fully saturated rings. The normalized spacial score (nSPS) is 11.2. The summed E-state index contributed by atoms with van der Waals surface area (Å²) < 4.78 is 36.0. The van der Waals surface area contributed by atoms with Crippen molar-refractivity contribution in [1.29, 1.82) is 0 Å². The van der Waals surface area contributed by atoms with Crippen LogP contribution in [0.3, 0.4) is 0 Å². The maximum atomic E-state index is 12.9. The van der Waals surface area contributed by atoms with Crippen molar-refractivity contribution in [3.05, 3.63) is 44.4 Å². The van der Waals surface area contributed by atoms with Crippen LogP contribution in [0.15, 0.2) is 34.1 Å². The van der Waals surface area contributed by atoms with Gasteiger partial charge in [0.15, 0.2) is 24.7 Å². The van der Waals surface area contributed by atoms with E-state index in [-0.39, 0.29) is 41.4 Å². The van der Waals surface area contributed by atoms with E-state index in [4.69, 9.17) is 67.3 Å². The molecule has 0 bridgehead atoms. The lowest BCUT2D eigenvalue weighted by Crippen LogP contribution is -2.20. The highest BCUT2D eigenvalue weighted by Gasteiger charge is 2.24. The molecule has 8 nitrogen and oxygen atoms in total. The number of ether oxygens (including phenoxy) is 2. The van der Waals surface area contributed by atoms with Gasteiger partial charge >= 0.3 is 0 Å². The van der Waals surface area contributed by atoms with E-state index in [0.29, 0.717) is 0 Å². The van der Waals surface area contributed by atoms with Crippen LogP contribution in [0.1, 0.15) is 0 Å². The fourth-order valence-electron chi connectivity index (χ4n) is 2.08. The average Bonchev–Trinajstić information content (AvgIpc) is 2.59. The molecule has 2 aromatic rings.